The number of pyridine rings is 1. The van der Waals surface area contributed by atoms with Crippen molar-refractivity contribution in [1.82, 2.24) is 4.98 Å². The van der Waals surface area contributed by atoms with Gasteiger partial charge in [-0.25, -0.2) is 4.39 Å². The molecule has 0 saturated carbocycles. The van der Waals surface area contributed by atoms with Crippen LogP contribution in [-0.4, -0.2) is 24.1 Å². The van der Waals surface area contributed by atoms with Crippen LogP contribution in [0.3, 0.4) is 0 Å². The standard InChI is InChI=1S/C15H12ClF5N2O.C7H8/c16-9-1-2-13(23-7-9)12(6-22)8-3-10(17)5-11(4-8)24-15(20,21)14(18)19;1-7-5-3-2-4-6-7/h1-5,7,12,14H,6,22H2;2-6H,1H3/t12-;/m0./s1. The minimum absolute atomic E-state index is 0.0250. The first-order valence-electron chi connectivity index (χ1n) is 9.11. The fourth-order valence-corrected chi connectivity index (χ4v) is 2.71. The zero-order chi connectivity index (χ0) is 23.0. The molecular formula is C22H20ClF5N2O. The van der Waals surface area contributed by atoms with Gasteiger partial charge >= 0.3 is 12.5 Å². The van der Waals surface area contributed by atoms with Gasteiger partial charge in [0.2, 0.25) is 0 Å². The summed E-state index contributed by atoms with van der Waals surface area (Å²) >= 11 is 5.73. The highest BCUT2D eigenvalue weighted by Gasteiger charge is 2.44. The second-order valence-electron chi connectivity index (χ2n) is 6.53. The van der Waals surface area contributed by atoms with E-state index in [1.165, 1.54) is 17.8 Å². The summed E-state index contributed by atoms with van der Waals surface area (Å²) in [6.45, 7) is 2.06. The highest BCUT2D eigenvalue weighted by molar-refractivity contribution is 6.30. The van der Waals surface area contributed by atoms with Crippen molar-refractivity contribution in [2.45, 2.75) is 25.4 Å². The van der Waals surface area contributed by atoms with E-state index < -0.39 is 30.0 Å². The Kier molecular flexibility index (Phi) is 8.76. The van der Waals surface area contributed by atoms with Crippen LogP contribution in [0.5, 0.6) is 5.75 Å². The number of aromatic nitrogens is 1. The molecule has 0 saturated heterocycles. The average Bonchev–Trinajstić information content (AvgIpc) is 2.70. The number of nitrogens with two attached hydrogens (primary N) is 1. The summed E-state index contributed by atoms with van der Waals surface area (Å²) in [6.07, 6.45) is -7.43. The highest BCUT2D eigenvalue weighted by Crippen LogP contribution is 2.32. The van der Waals surface area contributed by atoms with Gasteiger partial charge in [0.15, 0.2) is 0 Å². The van der Waals surface area contributed by atoms with Crippen molar-refractivity contribution in [3.05, 3.63) is 94.5 Å². The third-order valence-corrected chi connectivity index (χ3v) is 4.31. The second-order valence-corrected chi connectivity index (χ2v) is 6.97. The van der Waals surface area contributed by atoms with Gasteiger partial charge in [-0.15, -0.1) is 0 Å². The Morgan fingerprint density at radius 1 is 1.06 bits per heavy atom. The van der Waals surface area contributed by atoms with Crippen LogP contribution in [0.2, 0.25) is 5.02 Å². The summed E-state index contributed by atoms with van der Waals surface area (Å²) in [6, 6.07) is 16.0. The molecule has 0 aliphatic carbocycles. The van der Waals surface area contributed by atoms with Crippen LogP contribution in [0.15, 0.2) is 66.9 Å². The third-order valence-electron chi connectivity index (χ3n) is 4.09. The number of rotatable bonds is 6. The van der Waals surface area contributed by atoms with Crippen molar-refractivity contribution in [2.75, 3.05) is 6.54 Å². The second kappa shape index (κ2) is 11.1. The van der Waals surface area contributed by atoms with Crippen LogP contribution in [-0.2, 0) is 0 Å². The van der Waals surface area contributed by atoms with Crippen LogP contribution >= 0.6 is 11.6 Å². The lowest BCUT2D eigenvalue weighted by Gasteiger charge is -2.19. The van der Waals surface area contributed by atoms with E-state index in [1.807, 2.05) is 18.2 Å². The van der Waals surface area contributed by atoms with Gasteiger partial charge in [0.05, 0.1) is 5.02 Å². The molecule has 1 heterocycles. The largest absolute Gasteiger partial charge is 0.461 e. The van der Waals surface area contributed by atoms with Gasteiger partial charge in [0, 0.05) is 30.4 Å². The van der Waals surface area contributed by atoms with Gasteiger partial charge in [-0.2, -0.15) is 17.6 Å². The maximum absolute atomic E-state index is 13.7. The van der Waals surface area contributed by atoms with E-state index in [-0.39, 0.29) is 12.1 Å². The first-order valence-corrected chi connectivity index (χ1v) is 9.48. The summed E-state index contributed by atoms with van der Waals surface area (Å²) in [4.78, 5) is 4.04. The average molecular weight is 459 g/mol. The Morgan fingerprint density at radius 3 is 2.23 bits per heavy atom. The molecule has 3 nitrogen and oxygen atoms in total. The minimum atomic E-state index is -4.73. The summed E-state index contributed by atoms with van der Waals surface area (Å²) in [5.41, 5.74) is 7.54. The van der Waals surface area contributed by atoms with Crippen LogP contribution in [0.1, 0.15) is 22.7 Å². The maximum Gasteiger partial charge on any atom is 0.461 e. The number of halogens is 6. The molecule has 1 atom stereocenters. The molecule has 0 aliphatic heterocycles. The number of aryl methyl sites for hydroxylation is 1. The molecule has 2 N–H and O–H groups in total. The number of ether oxygens (including phenoxy) is 1. The molecule has 0 unspecified atom stereocenters. The lowest BCUT2D eigenvalue weighted by molar-refractivity contribution is -0.253. The molecule has 0 fully saturated rings. The Bertz CT molecular complexity index is 956. The van der Waals surface area contributed by atoms with E-state index in [0.29, 0.717) is 16.8 Å². The quantitative estimate of drug-likeness (QED) is 0.448. The molecule has 31 heavy (non-hydrogen) atoms. The molecule has 3 aromatic rings. The van der Waals surface area contributed by atoms with Crippen LogP contribution in [0, 0.1) is 12.7 Å². The molecule has 9 heteroatoms. The predicted octanol–water partition coefficient (Wildman–Crippen LogP) is 6.20. The van der Waals surface area contributed by atoms with E-state index >= 15 is 0 Å². The Morgan fingerprint density at radius 2 is 1.74 bits per heavy atom. The summed E-state index contributed by atoms with van der Waals surface area (Å²) in [5.74, 6) is -2.32. The molecule has 3 rings (SSSR count). The van der Waals surface area contributed by atoms with Crippen LogP contribution in [0.4, 0.5) is 22.0 Å². The Hall–Kier alpha value is -2.71. The molecule has 0 amide bonds. The van der Waals surface area contributed by atoms with Gasteiger partial charge < -0.3 is 10.5 Å². The van der Waals surface area contributed by atoms with E-state index in [0.717, 1.165) is 12.1 Å². The number of benzene rings is 2. The minimum Gasteiger partial charge on any atom is -0.428 e. The molecule has 0 bridgehead atoms. The lowest BCUT2D eigenvalue weighted by atomic mass is 9.95. The molecule has 0 spiro atoms. The molecule has 166 valence electrons. The van der Waals surface area contributed by atoms with Crippen molar-refractivity contribution in [2.24, 2.45) is 5.73 Å². The van der Waals surface area contributed by atoms with Crippen molar-refractivity contribution >= 4 is 11.6 Å². The summed E-state index contributed by atoms with van der Waals surface area (Å²) < 4.78 is 68.0. The van der Waals surface area contributed by atoms with Gasteiger partial charge in [0.25, 0.3) is 0 Å². The van der Waals surface area contributed by atoms with E-state index in [2.05, 4.69) is 28.8 Å². The Labute approximate surface area is 181 Å². The molecule has 0 aliphatic rings. The number of alkyl halides is 4. The van der Waals surface area contributed by atoms with Crippen molar-refractivity contribution in [3.8, 4) is 5.75 Å². The zero-order valence-electron chi connectivity index (χ0n) is 16.4. The van der Waals surface area contributed by atoms with E-state index in [1.54, 1.807) is 6.07 Å². The van der Waals surface area contributed by atoms with E-state index in [9.17, 15) is 22.0 Å². The summed E-state index contributed by atoms with van der Waals surface area (Å²) in [5, 5.41) is 0.370. The van der Waals surface area contributed by atoms with Crippen molar-refractivity contribution < 1.29 is 26.7 Å². The number of nitrogens with zero attached hydrogens (tertiary/aromatic N) is 1. The lowest BCUT2D eigenvalue weighted by Crippen LogP contribution is -2.33. The first-order chi connectivity index (χ1) is 14.6. The smallest absolute Gasteiger partial charge is 0.428 e. The van der Waals surface area contributed by atoms with Crippen LogP contribution < -0.4 is 10.5 Å². The fourth-order valence-electron chi connectivity index (χ4n) is 2.60. The van der Waals surface area contributed by atoms with Gasteiger partial charge in [-0.1, -0.05) is 47.5 Å². The molecule has 2 aromatic carbocycles. The third kappa shape index (κ3) is 7.48. The predicted molar refractivity (Wildman–Crippen MR) is 109 cm³/mol. The highest BCUT2D eigenvalue weighted by atomic mass is 35.5. The number of hydrogen-bond acceptors (Lipinski definition) is 3. The van der Waals surface area contributed by atoms with Crippen molar-refractivity contribution in [3.63, 3.8) is 0 Å². The molecule has 0 radical (unpaired) electrons. The van der Waals surface area contributed by atoms with Gasteiger partial charge in [-0.3, -0.25) is 4.98 Å². The van der Waals surface area contributed by atoms with Crippen molar-refractivity contribution in [1.29, 1.82) is 0 Å². The van der Waals surface area contributed by atoms with Gasteiger partial charge in [0.1, 0.15) is 11.6 Å². The summed E-state index contributed by atoms with van der Waals surface area (Å²) in [7, 11) is 0. The fraction of sp³-hybridized carbons (Fsp3) is 0.227. The van der Waals surface area contributed by atoms with Crippen LogP contribution in [0.25, 0.3) is 0 Å². The van der Waals surface area contributed by atoms with Gasteiger partial charge in [-0.05, 0) is 36.8 Å². The Balaban J connectivity index is 0.000000412. The monoisotopic (exact) mass is 458 g/mol. The maximum atomic E-state index is 13.7. The van der Waals surface area contributed by atoms with E-state index in [4.69, 9.17) is 17.3 Å². The number of hydrogen-bond donors (Lipinski definition) is 1. The topological polar surface area (TPSA) is 48.1 Å². The zero-order valence-corrected chi connectivity index (χ0v) is 17.2. The molecule has 1 aromatic heterocycles. The molecular weight excluding hydrogens is 439 g/mol. The normalized spacial score (nSPS) is 12.2. The SMILES string of the molecule is Cc1ccccc1.NC[C@@H](c1cc(F)cc(OC(F)(F)C(F)F)c1)c1ccc(Cl)cn1. The first kappa shape index (κ1) is 24.6.